The van der Waals surface area contributed by atoms with E-state index in [-0.39, 0.29) is 0 Å². The zero-order valence-electron chi connectivity index (χ0n) is 24.5. The lowest BCUT2D eigenvalue weighted by atomic mass is 9.68. The first kappa shape index (κ1) is 38.3. The second-order valence-electron chi connectivity index (χ2n) is 12.5. The number of hydrogen-bond donors (Lipinski definition) is 0. The molecule has 0 aliphatic heterocycles. The summed E-state index contributed by atoms with van der Waals surface area (Å²) in [5, 5.41) is 0. The van der Waals surface area contributed by atoms with Gasteiger partial charge in [-0.05, 0) is 67.8 Å². The van der Waals surface area contributed by atoms with Gasteiger partial charge in [-0.3, -0.25) is 4.79 Å². The van der Waals surface area contributed by atoms with Crippen LogP contribution >= 0.6 is 0 Å². The number of ketones is 1. The minimum atomic E-state index is -8.43. The van der Waals surface area contributed by atoms with Gasteiger partial charge >= 0.3 is 41.7 Å². The Morgan fingerprint density at radius 3 is 1.37 bits per heavy atom. The number of aryl methyl sites for hydroxylation is 1. The van der Waals surface area contributed by atoms with Gasteiger partial charge in [0.05, 0.1) is 0 Å². The molecule has 0 aromatic heterocycles. The van der Waals surface area contributed by atoms with Crippen molar-refractivity contribution in [1.29, 1.82) is 0 Å². The highest BCUT2D eigenvalue weighted by molar-refractivity contribution is 6.02. The molecule has 0 bridgehead atoms. The summed E-state index contributed by atoms with van der Waals surface area (Å²) in [5.41, 5.74) is -1.06. The molecule has 2 fully saturated rings. The van der Waals surface area contributed by atoms with Crippen LogP contribution in [0.25, 0.3) is 0 Å². The smallest absolute Gasteiger partial charge is 0.287 e. The molecule has 0 N–H and O–H groups in total. The van der Waals surface area contributed by atoms with E-state index >= 15 is 0 Å². The Hall–Kier alpha value is -2.16. The quantitative estimate of drug-likeness (QED) is 0.157. The minimum absolute atomic E-state index is 0.319. The van der Waals surface area contributed by atoms with Gasteiger partial charge in [-0.1, -0.05) is 63.3 Å². The summed E-state index contributed by atoms with van der Waals surface area (Å²) in [6.45, 7) is 2.19. The predicted molar refractivity (Wildman–Crippen MR) is 136 cm³/mol. The van der Waals surface area contributed by atoms with Crippen molar-refractivity contribution >= 4 is 5.78 Å². The van der Waals surface area contributed by atoms with Crippen LogP contribution in [-0.2, 0) is 6.42 Å². The van der Waals surface area contributed by atoms with E-state index in [2.05, 4.69) is 6.92 Å². The van der Waals surface area contributed by atoms with Crippen LogP contribution in [0.1, 0.15) is 87.1 Å². The van der Waals surface area contributed by atoms with Gasteiger partial charge in [-0.2, -0.15) is 65.9 Å². The van der Waals surface area contributed by atoms with Gasteiger partial charge < -0.3 is 0 Å². The average Bonchev–Trinajstić information content (AvgIpc) is 2.99. The van der Waals surface area contributed by atoms with Crippen molar-refractivity contribution in [2.45, 2.75) is 119 Å². The third-order valence-electron chi connectivity index (χ3n) is 9.70. The summed E-state index contributed by atoms with van der Waals surface area (Å²) >= 11 is 0. The first-order valence-electron chi connectivity index (χ1n) is 14.8. The minimum Gasteiger partial charge on any atom is -0.287 e. The van der Waals surface area contributed by atoms with Gasteiger partial charge in [-0.15, -0.1) is 0 Å². The zero-order valence-corrected chi connectivity index (χ0v) is 24.5. The average molecular weight is 695 g/mol. The molecule has 2 aliphatic carbocycles. The van der Waals surface area contributed by atoms with Crippen molar-refractivity contribution in [1.82, 2.24) is 0 Å². The molecule has 16 heteroatoms. The molecule has 1 aromatic rings. The third kappa shape index (κ3) is 6.60. The molecule has 0 heterocycles. The van der Waals surface area contributed by atoms with E-state index in [0.29, 0.717) is 48.3 Å². The molecular weight excluding hydrogens is 661 g/mol. The molecule has 2 saturated carbocycles. The van der Waals surface area contributed by atoms with Gasteiger partial charge in [0.15, 0.2) is 0 Å². The summed E-state index contributed by atoms with van der Waals surface area (Å²) in [4.78, 5) is 12.1. The molecule has 0 saturated heterocycles. The lowest BCUT2D eigenvalue weighted by Crippen LogP contribution is -2.73. The van der Waals surface area contributed by atoms with Crippen molar-refractivity contribution in [3.63, 3.8) is 0 Å². The number of rotatable bonds is 12. The summed E-state index contributed by atoms with van der Waals surface area (Å²) in [7, 11) is 0. The molecule has 264 valence electrons. The van der Waals surface area contributed by atoms with Crippen molar-refractivity contribution in [2.75, 3.05) is 0 Å². The largest absolute Gasteiger partial charge is 0.460 e. The Kier molecular flexibility index (Phi) is 10.9. The molecule has 0 radical (unpaired) electrons. The Morgan fingerprint density at radius 1 is 0.565 bits per heavy atom. The van der Waals surface area contributed by atoms with E-state index in [4.69, 9.17) is 0 Å². The Labute approximate surface area is 255 Å². The van der Waals surface area contributed by atoms with Gasteiger partial charge in [0, 0.05) is 5.56 Å². The fourth-order valence-electron chi connectivity index (χ4n) is 6.50. The van der Waals surface area contributed by atoms with E-state index in [0.717, 1.165) is 43.7 Å². The van der Waals surface area contributed by atoms with Crippen LogP contribution in [0.2, 0.25) is 0 Å². The first-order valence-corrected chi connectivity index (χ1v) is 14.8. The van der Waals surface area contributed by atoms with Crippen LogP contribution in [0, 0.1) is 23.7 Å². The number of benzene rings is 1. The predicted octanol–water partition coefficient (Wildman–Crippen LogP) is 11.2. The topological polar surface area (TPSA) is 17.1 Å². The summed E-state index contributed by atoms with van der Waals surface area (Å²) in [6.07, 6.45) is 3.35. The van der Waals surface area contributed by atoms with Crippen molar-refractivity contribution in [3.05, 3.63) is 35.4 Å². The van der Waals surface area contributed by atoms with Crippen LogP contribution in [0.5, 0.6) is 0 Å². The summed E-state index contributed by atoms with van der Waals surface area (Å²) < 4.78 is 202. The fraction of sp³-hybridized carbons (Fsp3) is 0.767. The van der Waals surface area contributed by atoms with Gasteiger partial charge in [0.1, 0.15) is 0 Å². The molecule has 46 heavy (non-hydrogen) atoms. The standard InChI is InChI=1S/C30H33F15O/c1-2-17-5-11-20(12-6-17)21-13-7-18(8-14-21)3-4-19-9-15-22(16-10-19)23(46)24(31,32)25(33,34)26(35,36)27(37,38)28(39,40)29(41,42)30(43,44)45/h9-10,15-18,20-21H,2-8,11-14H2,1H3/t17-,18?,20-,21?. The molecule has 0 spiro atoms. The third-order valence-corrected chi connectivity index (χ3v) is 9.70. The van der Waals surface area contributed by atoms with E-state index in [9.17, 15) is 70.7 Å². The second-order valence-corrected chi connectivity index (χ2v) is 12.5. The number of alkyl halides is 15. The van der Waals surface area contributed by atoms with Gasteiger partial charge in [-0.25, -0.2) is 0 Å². The Balaban J connectivity index is 1.66. The molecule has 0 atom stereocenters. The van der Waals surface area contributed by atoms with E-state index in [1.54, 1.807) is 0 Å². The molecule has 0 amide bonds. The van der Waals surface area contributed by atoms with E-state index in [1.807, 2.05) is 0 Å². The highest BCUT2D eigenvalue weighted by atomic mass is 19.4. The van der Waals surface area contributed by atoms with Crippen LogP contribution in [-0.4, -0.2) is 47.5 Å². The number of Topliss-reactive ketones (excluding diaryl/α,β-unsaturated/α-hetero) is 1. The number of hydrogen-bond acceptors (Lipinski definition) is 1. The summed E-state index contributed by atoms with van der Waals surface area (Å²) in [6, 6.07) is 2.91. The first-order chi connectivity index (χ1) is 20.9. The molecule has 1 aromatic carbocycles. The molecule has 1 nitrogen and oxygen atoms in total. The van der Waals surface area contributed by atoms with E-state index < -0.39 is 53.1 Å². The summed E-state index contributed by atoms with van der Waals surface area (Å²) in [5.74, 6) is -48.8. The van der Waals surface area contributed by atoms with E-state index in [1.165, 1.54) is 32.1 Å². The normalized spacial score (nSPS) is 24.6. The van der Waals surface area contributed by atoms with Crippen LogP contribution in [0.4, 0.5) is 65.9 Å². The van der Waals surface area contributed by atoms with Gasteiger partial charge in [0.2, 0.25) is 5.78 Å². The lowest BCUT2D eigenvalue weighted by molar-refractivity contribution is -0.449. The maximum atomic E-state index is 14.4. The molecular formula is C30H33F15O. The highest BCUT2D eigenvalue weighted by Gasteiger charge is 2.94. The Bertz CT molecular complexity index is 1170. The van der Waals surface area contributed by atoms with Crippen LogP contribution < -0.4 is 0 Å². The maximum Gasteiger partial charge on any atom is 0.460 e. The van der Waals surface area contributed by atoms with Crippen LogP contribution in [0.15, 0.2) is 24.3 Å². The van der Waals surface area contributed by atoms with Crippen LogP contribution in [0.3, 0.4) is 0 Å². The number of carbonyl (C=O) groups excluding carboxylic acids is 1. The monoisotopic (exact) mass is 694 g/mol. The number of carbonyl (C=O) groups is 1. The SMILES string of the molecule is CC[C@H]1CC[C@H](C2CCC(CCc3ccc(C(=O)C(F)(F)C(F)(F)C(F)(F)C(F)(F)C(F)(F)C(F)(F)C(F)(F)F)cc3)CC2)CC1. The van der Waals surface area contributed by atoms with Gasteiger partial charge in [0.25, 0.3) is 0 Å². The molecule has 0 unspecified atom stereocenters. The fourth-order valence-corrected chi connectivity index (χ4v) is 6.50. The second kappa shape index (κ2) is 13.0. The number of halogens is 15. The Morgan fingerprint density at radius 2 is 0.957 bits per heavy atom. The maximum absolute atomic E-state index is 14.4. The molecule has 3 rings (SSSR count). The van der Waals surface area contributed by atoms with Crippen molar-refractivity contribution in [2.24, 2.45) is 23.7 Å². The molecule has 2 aliphatic rings. The van der Waals surface area contributed by atoms with Crippen molar-refractivity contribution < 1.29 is 70.7 Å². The zero-order chi connectivity index (χ0) is 35.1. The lowest BCUT2D eigenvalue weighted by Gasteiger charge is -2.41. The van der Waals surface area contributed by atoms with Crippen molar-refractivity contribution in [3.8, 4) is 0 Å². The highest BCUT2D eigenvalue weighted by Crippen LogP contribution is 2.62.